The molecule has 0 aliphatic carbocycles. The van der Waals surface area contributed by atoms with E-state index in [1.165, 1.54) is 17.8 Å². The van der Waals surface area contributed by atoms with Crippen molar-refractivity contribution in [1.29, 1.82) is 0 Å². The predicted molar refractivity (Wildman–Crippen MR) is 116 cm³/mol. The molecule has 13 nitrogen and oxygen atoms in total. The van der Waals surface area contributed by atoms with Crippen molar-refractivity contribution >= 4 is 35.2 Å². The van der Waals surface area contributed by atoms with Gasteiger partial charge in [0, 0.05) is 13.1 Å². The molecule has 0 radical (unpaired) electrons. The molecule has 0 spiro atoms. The lowest BCUT2D eigenvalue weighted by molar-refractivity contribution is -0.124. The number of anilines is 1. The minimum atomic E-state index is -1.38. The minimum absolute atomic E-state index is 0.114. The first kappa shape index (κ1) is 23.9. The van der Waals surface area contributed by atoms with Crippen molar-refractivity contribution < 1.29 is 30.0 Å². The van der Waals surface area contributed by atoms with Gasteiger partial charge in [0.1, 0.15) is 30.1 Å². The second-order valence-corrected chi connectivity index (χ2v) is 7.74. The van der Waals surface area contributed by atoms with E-state index in [4.69, 9.17) is 22.7 Å². The van der Waals surface area contributed by atoms with Crippen LogP contribution in [0.5, 0.6) is 0 Å². The molecule has 4 atom stereocenters. The number of H-pyrrole nitrogens is 1. The van der Waals surface area contributed by atoms with Crippen LogP contribution in [0.1, 0.15) is 26.0 Å². The van der Waals surface area contributed by atoms with Gasteiger partial charge in [-0.05, 0) is 19.8 Å². The molecule has 3 rings (SSSR count). The van der Waals surface area contributed by atoms with Crippen LogP contribution in [0.2, 0.25) is 0 Å². The van der Waals surface area contributed by atoms with Crippen LogP contribution in [-0.4, -0.2) is 83.8 Å². The first-order chi connectivity index (χ1) is 15.2. The average Bonchev–Trinajstić information content (AvgIpc) is 3.31. The Kier molecular flexibility index (Phi) is 7.63. The van der Waals surface area contributed by atoms with Crippen LogP contribution in [-0.2, 0) is 9.53 Å². The maximum absolute atomic E-state index is 11.7. The minimum Gasteiger partial charge on any atom is -0.506 e. The number of rotatable bonds is 10. The van der Waals surface area contributed by atoms with Crippen molar-refractivity contribution in [3.05, 3.63) is 22.5 Å². The molecular weight excluding hydrogens is 442 g/mol. The summed E-state index contributed by atoms with van der Waals surface area (Å²) in [4.78, 5) is 23.2. The number of aliphatic hydroxyl groups is 4. The van der Waals surface area contributed by atoms with E-state index < -0.39 is 42.8 Å². The first-order valence-corrected chi connectivity index (χ1v) is 10.4. The Balaban J connectivity index is 1.59. The summed E-state index contributed by atoms with van der Waals surface area (Å²) in [5.41, 5.74) is 6.36. The van der Waals surface area contributed by atoms with Gasteiger partial charge in [-0.3, -0.25) is 9.36 Å². The summed E-state index contributed by atoms with van der Waals surface area (Å²) in [5, 5.41) is 44.5. The SMILES string of the molecule is CC(O)C(N)C(=O)NCCCCNc1nc(=S)c2ncn([C@@H]3OC(CO)=C(O)C3O)c2[nH]1. The molecule has 176 valence electrons. The molecule has 32 heavy (non-hydrogen) atoms. The number of aliphatic hydroxyl groups excluding tert-OH is 4. The lowest BCUT2D eigenvalue weighted by Gasteiger charge is -2.17. The standard InChI is InChI=1S/C18H27N7O6S/c1-8(27)10(19)15(30)20-4-2-3-5-21-18-23-14-11(16(32)24-18)22-7-25(14)17-13(29)12(28)9(6-26)31-17/h7-8,10,13,17,26-29H,2-6,19H2,1H3,(H,20,30)(H2,21,23,24,32)/t8?,10?,13?,17-/m1/s1. The second kappa shape index (κ2) is 10.2. The van der Waals surface area contributed by atoms with Crippen molar-refractivity contribution in [2.24, 2.45) is 5.73 Å². The number of amides is 1. The molecule has 2 aromatic rings. The number of ether oxygens (including phenoxy) is 1. The highest BCUT2D eigenvalue weighted by atomic mass is 32.1. The van der Waals surface area contributed by atoms with Gasteiger partial charge in [-0.1, -0.05) is 12.2 Å². The van der Waals surface area contributed by atoms with Gasteiger partial charge in [-0.15, -0.1) is 0 Å². The summed E-state index contributed by atoms with van der Waals surface area (Å²) in [7, 11) is 0. The fraction of sp³-hybridized carbons (Fsp3) is 0.556. The molecule has 3 heterocycles. The lowest BCUT2D eigenvalue weighted by atomic mass is 10.2. The van der Waals surface area contributed by atoms with Gasteiger partial charge in [0.25, 0.3) is 0 Å². The quantitative estimate of drug-likeness (QED) is 0.159. The van der Waals surface area contributed by atoms with E-state index in [1.807, 2.05) is 0 Å². The van der Waals surface area contributed by atoms with Gasteiger partial charge in [-0.25, -0.2) is 9.97 Å². The van der Waals surface area contributed by atoms with Crippen molar-refractivity contribution in [2.45, 2.75) is 44.2 Å². The van der Waals surface area contributed by atoms with Crippen LogP contribution >= 0.6 is 12.2 Å². The molecule has 2 aromatic heterocycles. The van der Waals surface area contributed by atoms with Crippen LogP contribution in [0.3, 0.4) is 0 Å². The van der Waals surface area contributed by atoms with E-state index in [9.17, 15) is 25.2 Å². The molecule has 0 fully saturated rings. The molecule has 0 aromatic carbocycles. The van der Waals surface area contributed by atoms with Gasteiger partial charge in [-0.2, -0.15) is 0 Å². The van der Waals surface area contributed by atoms with Crippen molar-refractivity contribution in [2.75, 3.05) is 25.0 Å². The normalized spacial score (nSPS) is 20.3. The molecule has 1 amide bonds. The van der Waals surface area contributed by atoms with E-state index in [0.29, 0.717) is 43.0 Å². The number of fused-ring (bicyclic) bond motifs is 1. The molecule has 1 aliphatic rings. The molecule has 3 unspecified atom stereocenters. The van der Waals surface area contributed by atoms with Crippen LogP contribution < -0.4 is 16.4 Å². The summed E-state index contributed by atoms with van der Waals surface area (Å²) >= 11 is 5.29. The summed E-state index contributed by atoms with van der Waals surface area (Å²) < 4.78 is 7.13. The number of unbranched alkanes of at least 4 members (excludes halogenated alkanes) is 1. The molecule has 0 bridgehead atoms. The van der Waals surface area contributed by atoms with Gasteiger partial charge in [0.05, 0.1) is 6.10 Å². The monoisotopic (exact) mass is 469 g/mol. The number of hydrogen-bond acceptors (Lipinski definition) is 11. The summed E-state index contributed by atoms with van der Waals surface area (Å²) in [6, 6.07) is -0.957. The summed E-state index contributed by atoms with van der Waals surface area (Å²) in [6.45, 7) is 1.84. The maximum atomic E-state index is 11.7. The Hall–Kier alpha value is -2.78. The van der Waals surface area contributed by atoms with E-state index in [1.54, 1.807) is 0 Å². The number of nitrogens with zero attached hydrogens (tertiary/aromatic N) is 3. The number of aromatic nitrogens is 4. The van der Waals surface area contributed by atoms with E-state index in [-0.39, 0.29) is 10.4 Å². The number of nitrogens with two attached hydrogens (primary N) is 1. The van der Waals surface area contributed by atoms with Gasteiger partial charge < -0.3 is 46.5 Å². The summed E-state index contributed by atoms with van der Waals surface area (Å²) in [6.07, 6.45) is -0.558. The fourth-order valence-electron chi connectivity index (χ4n) is 3.12. The maximum Gasteiger partial charge on any atom is 0.239 e. The van der Waals surface area contributed by atoms with E-state index in [0.717, 1.165) is 0 Å². The third-order valence-electron chi connectivity index (χ3n) is 4.98. The van der Waals surface area contributed by atoms with E-state index in [2.05, 4.69) is 25.6 Å². The Bertz CT molecular complexity index is 1050. The first-order valence-electron chi connectivity index (χ1n) is 10.0. The fourth-order valence-corrected chi connectivity index (χ4v) is 3.36. The largest absolute Gasteiger partial charge is 0.506 e. The van der Waals surface area contributed by atoms with Gasteiger partial charge >= 0.3 is 0 Å². The van der Waals surface area contributed by atoms with Crippen molar-refractivity contribution in [3.8, 4) is 0 Å². The number of carbonyl (C=O) groups is 1. The van der Waals surface area contributed by atoms with Gasteiger partial charge in [0.15, 0.2) is 22.3 Å². The molecule has 9 N–H and O–H groups in total. The highest BCUT2D eigenvalue weighted by Crippen LogP contribution is 2.33. The van der Waals surface area contributed by atoms with Crippen LogP contribution in [0.25, 0.3) is 11.2 Å². The number of aromatic amines is 1. The van der Waals surface area contributed by atoms with Gasteiger partial charge in [0.2, 0.25) is 18.1 Å². The third kappa shape index (κ3) is 4.99. The highest BCUT2D eigenvalue weighted by Gasteiger charge is 2.37. The van der Waals surface area contributed by atoms with Crippen LogP contribution in [0.15, 0.2) is 17.8 Å². The number of imidazole rings is 1. The molecule has 1 aliphatic heterocycles. The lowest BCUT2D eigenvalue weighted by Crippen LogP contribution is -2.47. The van der Waals surface area contributed by atoms with E-state index >= 15 is 0 Å². The topological polar surface area (TPSA) is 204 Å². The number of nitrogens with one attached hydrogen (secondary N) is 3. The smallest absolute Gasteiger partial charge is 0.239 e. The average molecular weight is 470 g/mol. The molecule has 0 saturated heterocycles. The zero-order chi connectivity index (χ0) is 23.4. The third-order valence-corrected chi connectivity index (χ3v) is 5.27. The zero-order valence-corrected chi connectivity index (χ0v) is 18.2. The summed E-state index contributed by atoms with van der Waals surface area (Å²) in [5.74, 6) is -0.584. The number of hydrogen-bond donors (Lipinski definition) is 8. The zero-order valence-electron chi connectivity index (χ0n) is 17.4. The molecule has 14 heteroatoms. The highest BCUT2D eigenvalue weighted by molar-refractivity contribution is 7.71. The second-order valence-electron chi connectivity index (χ2n) is 7.35. The Labute approximate surface area is 187 Å². The molecule has 0 saturated carbocycles. The van der Waals surface area contributed by atoms with Crippen molar-refractivity contribution in [1.82, 2.24) is 24.8 Å². The number of carbonyl (C=O) groups excluding carboxylic acids is 1. The van der Waals surface area contributed by atoms with Crippen molar-refractivity contribution in [3.63, 3.8) is 0 Å². The molecular formula is C18H27N7O6S. The Morgan fingerprint density at radius 1 is 1.44 bits per heavy atom. The van der Waals surface area contributed by atoms with Crippen LogP contribution in [0.4, 0.5) is 5.95 Å². The predicted octanol–water partition coefficient (Wildman–Crippen LogP) is -0.843. The van der Waals surface area contributed by atoms with Crippen LogP contribution in [0, 0.1) is 4.64 Å². The Morgan fingerprint density at radius 2 is 2.16 bits per heavy atom. The Morgan fingerprint density at radius 3 is 2.81 bits per heavy atom.